The number of nitrogens with one attached hydrogen (secondary N) is 1. The van der Waals surface area contributed by atoms with Gasteiger partial charge in [-0.15, -0.1) is 0 Å². The number of benzene rings is 1. The van der Waals surface area contributed by atoms with E-state index in [1.807, 2.05) is 12.1 Å². The van der Waals surface area contributed by atoms with E-state index in [4.69, 9.17) is 0 Å². The average molecular weight is 233 g/mol. The zero-order chi connectivity index (χ0) is 11.9. The average Bonchev–Trinajstić information content (AvgIpc) is 2.29. The van der Waals surface area contributed by atoms with Gasteiger partial charge in [-0.3, -0.25) is 0 Å². The van der Waals surface area contributed by atoms with Gasteiger partial charge in [-0.25, -0.2) is 4.39 Å². The van der Waals surface area contributed by atoms with E-state index in [9.17, 15) is 4.39 Å². The first-order chi connectivity index (χ1) is 8.20. The molecule has 1 aliphatic heterocycles. The molecule has 1 unspecified atom stereocenters. The number of hydrogen-bond donors (Lipinski definition) is 1. The standard InChI is InChI=1S/C15H20FN/c1-11-8-15(9-11)6-7-17-10-14(15)12-2-4-13(16)5-3-12/h2-5,11,14,17H,6-10H2,1H3. The van der Waals surface area contributed by atoms with Gasteiger partial charge >= 0.3 is 0 Å². The first-order valence-corrected chi connectivity index (χ1v) is 6.66. The van der Waals surface area contributed by atoms with Crippen LogP contribution >= 0.6 is 0 Å². The molecule has 1 saturated heterocycles. The molecule has 1 heterocycles. The second-order valence-electron chi connectivity index (χ2n) is 5.93. The normalized spacial score (nSPS) is 36.8. The molecule has 1 saturated carbocycles. The van der Waals surface area contributed by atoms with Crippen LogP contribution in [0.5, 0.6) is 0 Å². The van der Waals surface area contributed by atoms with Crippen LogP contribution < -0.4 is 5.32 Å². The molecular weight excluding hydrogens is 213 g/mol. The van der Waals surface area contributed by atoms with Gasteiger partial charge < -0.3 is 5.32 Å². The van der Waals surface area contributed by atoms with Crippen LogP contribution in [0.1, 0.15) is 37.7 Å². The van der Waals surface area contributed by atoms with Gasteiger partial charge in [0.15, 0.2) is 0 Å². The molecule has 0 aromatic heterocycles. The maximum absolute atomic E-state index is 13.0. The van der Waals surface area contributed by atoms with E-state index in [0.29, 0.717) is 11.3 Å². The van der Waals surface area contributed by atoms with Crippen LogP contribution in [-0.4, -0.2) is 13.1 Å². The Bertz CT molecular complexity index is 386. The molecule has 3 rings (SSSR count). The van der Waals surface area contributed by atoms with Crippen molar-refractivity contribution in [3.8, 4) is 0 Å². The molecule has 0 bridgehead atoms. The van der Waals surface area contributed by atoms with Crippen molar-refractivity contribution >= 4 is 0 Å². The maximum Gasteiger partial charge on any atom is 0.123 e. The van der Waals surface area contributed by atoms with Crippen molar-refractivity contribution in [3.05, 3.63) is 35.6 Å². The summed E-state index contributed by atoms with van der Waals surface area (Å²) in [5.74, 6) is 1.32. The smallest absolute Gasteiger partial charge is 0.123 e. The molecule has 1 N–H and O–H groups in total. The highest BCUT2D eigenvalue weighted by Gasteiger charge is 2.49. The van der Waals surface area contributed by atoms with Gasteiger partial charge in [-0.1, -0.05) is 19.1 Å². The minimum absolute atomic E-state index is 0.131. The molecule has 2 fully saturated rings. The summed E-state index contributed by atoms with van der Waals surface area (Å²) in [6, 6.07) is 7.13. The third-order valence-corrected chi connectivity index (χ3v) is 4.67. The molecular formula is C15H20FN. The molecule has 2 heteroatoms. The van der Waals surface area contributed by atoms with Crippen molar-refractivity contribution in [2.45, 2.75) is 32.1 Å². The summed E-state index contributed by atoms with van der Waals surface area (Å²) >= 11 is 0. The second kappa shape index (κ2) is 4.09. The number of piperidine rings is 1. The van der Waals surface area contributed by atoms with E-state index >= 15 is 0 Å². The van der Waals surface area contributed by atoms with Gasteiger partial charge in [-0.05, 0) is 54.8 Å². The van der Waals surface area contributed by atoms with Gasteiger partial charge in [0, 0.05) is 12.5 Å². The Morgan fingerprint density at radius 1 is 1.24 bits per heavy atom. The Hall–Kier alpha value is -0.890. The van der Waals surface area contributed by atoms with Gasteiger partial charge in [0.05, 0.1) is 0 Å². The monoisotopic (exact) mass is 233 g/mol. The molecule has 1 nitrogen and oxygen atoms in total. The predicted octanol–water partition coefficient (Wildman–Crippen LogP) is 3.32. The third kappa shape index (κ3) is 1.89. The van der Waals surface area contributed by atoms with Crippen LogP contribution in [0.3, 0.4) is 0 Å². The van der Waals surface area contributed by atoms with Crippen molar-refractivity contribution < 1.29 is 4.39 Å². The Balaban J connectivity index is 1.87. The maximum atomic E-state index is 13.0. The van der Waals surface area contributed by atoms with Gasteiger partial charge in [0.25, 0.3) is 0 Å². The number of rotatable bonds is 1. The summed E-state index contributed by atoms with van der Waals surface area (Å²) in [6.45, 7) is 4.54. The second-order valence-corrected chi connectivity index (χ2v) is 5.93. The minimum Gasteiger partial charge on any atom is -0.316 e. The van der Waals surface area contributed by atoms with E-state index in [-0.39, 0.29) is 5.82 Å². The molecule has 1 aromatic rings. The topological polar surface area (TPSA) is 12.0 Å². The molecule has 1 aliphatic carbocycles. The highest BCUT2D eigenvalue weighted by atomic mass is 19.1. The van der Waals surface area contributed by atoms with Crippen LogP contribution in [0.4, 0.5) is 4.39 Å². The lowest BCUT2D eigenvalue weighted by Gasteiger charge is -2.54. The molecule has 1 atom stereocenters. The van der Waals surface area contributed by atoms with E-state index in [0.717, 1.165) is 19.0 Å². The quantitative estimate of drug-likeness (QED) is 0.784. The van der Waals surface area contributed by atoms with Crippen LogP contribution in [-0.2, 0) is 0 Å². The van der Waals surface area contributed by atoms with Crippen LogP contribution in [0.25, 0.3) is 0 Å². The molecule has 92 valence electrons. The lowest BCUT2D eigenvalue weighted by molar-refractivity contribution is 0.00836. The Kier molecular flexibility index (Phi) is 2.70. The Morgan fingerprint density at radius 3 is 2.59 bits per heavy atom. The van der Waals surface area contributed by atoms with Crippen molar-refractivity contribution in [3.63, 3.8) is 0 Å². The van der Waals surface area contributed by atoms with E-state index in [2.05, 4.69) is 12.2 Å². The zero-order valence-corrected chi connectivity index (χ0v) is 10.4. The SMILES string of the molecule is CC1CC2(CCNCC2c2ccc(F)cc2)C1. The Labute approximate surface area is 102 Å². The Morgan fingerprint density at radius 2 is 1.94 bits per heavy atom. The number of hydrogen-bond acceptors (Lipinski definition) is 1. The zero-order valence-electron chi connectivity index (χ0n) is 10.4. The first-order valence-electron chi connectivity index (χ1n) is 6.66. The lowest BCUT2D eigenvalue weighted by atomic mass is 9.52. The van der Waals surface area contributed by atoms with E-state index in [1.165, 1.54) is 24.8 Å². The highest BCUT2D eigenvalue weighted by molar-refractivity contribution is 5.26. The van der Waals surface area contributed by atoms with Crippen LogP contribution in [0.15, 0.2) is 24.3 Å². The summed E-state index contributed by atoms with van der Waals surface area (Å²) < 4.78 is 13.0. The summed E-state index contributed by atoms with van der Waals surface area (Å²) in [5.41, 5.74) is 1.81. The van der Waals surface area contributed by atoms with Gasteiger partial charge in [0.2, 0.25) is 0 Å². The highest BCUT2D eigenvalue weighted by Crippen LogP contribution is 2.57. The molecule has 1 spiro atoms. The van der Waals surface area contributed by atoms with Crippen LogP contribution in [0.2, 0.25) is 0 Å². The van der Waals surface area contributed by atoms with Crippen molar-refractivity contribution in [2.75, 3.05) is 13.1 Å². The molecule has 17 heavy (non-hydrogen) atoms. The summed E-state index contributed by atoms with van der Waals surface area (Å²) in [5, 5.41) is 3.49. The summed E-state index contributed by atoms with van der Waals surface area (Å²) in [4.78, 5) is 0. The van der Waals surface area contributed by atoms with Crippen LogP contribution in [0, 0.1) is 17.2 Å². The summed E-state index contributed by atoms with van der Waals surface area (Å²) in [7, 11) is 0. The van der Waals surface area contributed by atoms with Crippen molar-refractivity contribution in [1.82, 2.24) is 5.32 Å². The largest absolute Gasteiger partial charge is 0.316 e. The summed E-state index contributed by atoms with van der Waals surface area (Å²) in [6.07, 6.45) is 3.97. The minimum atomic E-state index is -0.131. The van der Waals surface area contributed by atoms with E-state index < -0.39 is 0 Å². The molecule has 1 aromatic carbocycles. The fourth-order valence-corrected chi connectivity index (χ4v) is 3.96. The fourth-order valence-electron chi connectivity index (χ4n) is 3.96. The van der Waals surface area contributed by atoms with Crippen molar-refractivity contribution in [2.24, 2.45) is 11.3 Å². The molecule has 0 amide bonds. The van der Waals surface area contributed by atoms with E-state index in [1.54, 1.807) is 12.1 Å². The first kappa shape index (κ1) is 11.2. The van der Waals surface area contributed by atoms with Crippen molar-refractivity contribution in [1.29, 1.82) is 0 Å². The third-order valence-electron chi connectivity index (χ3n) is 4.67. The fraction of sp³-hybridized carbons (Fsp3) is 0.600. The predicted molar refractivity (Wildman–Crippen MR) is 67.5 cm³/mol. The lowest BCUT2D eigenvalue weighted by Crippen LogP contribution is -2.50. The van der Waals surface area contributed by atoms with Gasteiger partial charge in [0.1, 0.15) is 5.82 Å². The van der Waals surface area contributed by atoms with Gasteiger partial charge in [-0.2, -0.15) is 0 Å². The number of halogens is 1. The molecule has 0 radical (unpaired) electrons. The molecule has 2 aliphatic rings.